The molecule has 0 saturated heterocycles. The molecule has 5 heteroatoms. The molecule has 0 saturated carbocycles. The minimum Gasteiger partial charge on any atom is -0.400 e. The fraction of sp³-hybridized carbons (Fsp3) is 0. The Morgan fingerprint density at radius 3 is 1.50 bits per heavy atom. The number of ether oxygens (including phenoxy) is 1. The maximum absolute atomic E-state index is 12.3. The lowest BCUT2D eigenvalue weighted by atomic mass is 10.2. The van der Waals surface area contributed by atoms with Crippen LogP contribution in [0.2, 0.25) is 0 Å². The van der Waals surface area contributed by atoms with Gasteiger partial charge in [0.2, 0.25) is 0 Å². The van der Waals surface area contributed by atoms with E-state index in [9.17, 15) is 9.59 Å². The number of oxime groups is 1. The van der Waals surface area contributed by atoms with Crippen molar-refractivity contribution in [2.24, 2.45) is 5.16 Å². The normalized spacial score (nSPS) is 10.8. The molecule has 0 amide bonds. The molecular formula is C21H15NO4. The summed E-state index contributed by atoms with van der Waals surface area (Å²) in [4.78, 5) is 29.3. The summed E-state index contributed by atoms with van der Waals surface area (Å²) in [6.07, 6.45) is 0. The van der Waals surface area contributed by atoms with Gasteiger partial charge in [0.15, 0.2) is 0 Å². The lowest BCUT2D eigenvalue weighted by molar-refractivity contribution is 0.0488. The summed E-state index contributed by atoms with van der Waals surface area (Å²) in [6.45, 7) is 0. The molecule has 0 aliphatic heterocycles. The number of carbonyl (C=O) groups excluding carboxylic acids is 2. The minimum absolute atomic E-state index is 0.0938. The molecule has 0 atom stereocenters. The van der Waals surface area contributed by atoms with Crippen molar-refractivity contribution in [3.05, 3.63) is 108 Å². The first-order valence-electron chi connectivity index (χ1n) is 7.91. The third-order valence-electron chi connectivity index (χ3n) is 3.44. The minimum atomic E-state index is -0.644. The molecule has 3 rings (SSSR count). The third-order valence-corrected chi connectivity index (χ3v) is 3.44. The Kier molecular flexibility index (Phi) is 5.52. The summed E-state index contributed by atoms with van der Waals surface area (Å²) in [6, 6.07) is 25.7. The lowest BCUT2D eigenvalue weighted by Crippen LogP contribution is -2.15. The molecule has 0 fully saturated rings. The second-order valence-corrected chi connectivity index (χ2v) is 5.26. The van der Waals surface area contributed by atoms with E-state index in [4.69, 9.17) is 9.57 Å². The summed E-state index contributed by atoms with van der Waals surface area (Å²) < 4.78 is 5.34. The molecule has 128 valence electrons. The predicted molar refractivity (Wildman–Crippen MR) is 96.7 cm³/mol. The van der Waals surface area contributed by atoms with Gasteiger partial charge >= 0.3 is 11.9 Å². The van der Waals surface area contributed by atoms with Gasteiger partial charge < -0.3 is 9.57 Å². The van der Waals surface area contributed by atoms with Crippen LogP contribution in [0.25, 0.3) is 0 Å². The van der Waals surface area contributed by atoms with Crippen molar-refractivity contribution >= 4 is 17.8 Å². The van der Waals surface area contributed by atoms with E-state index >= 15 is 0 Å². The third kappa shape index (κ3) is 4.42. The first-order valence-corrected chi connectivity index (χ1v) is 7.91. The quantitative estimate of drug-likeness (QED) is 0.235. The summed E-state index contributed by atoms with van der Waals surface area (Å²) in [5.74, 6) is -1.33. The van der Waals surface area contributed by atoms with Crippen LogP contribution in [0.15, 0.2) is 96.2 Å². The van der Waals surface area contributed by atoms with Crippen molar-refractivity contribution in [1.29, 1.82) is 0 Å². The van der Waals surface area contributed by atoms with Crippen LogP contribution in [0.4, 0.5) is 0 Å². The SMILES string of the molecule is O=C(O/N=C(\OC(=O)c1ccccc1)c1ccccc1)c1ccccc1. The second-order valence-electron chi connectivity index (χ2n) is 5.26. The fourth-order valence-electron chi connectivity index (χ4n) is 2.14. The van der Waals surface area contributed by atoms with Crippen molar-refractivity contribution in [2.45, 2.75) is 0 Å². The van der Waals surface area contributed by atoms with E-state index in [0.717, 1.165) is 0 Å². The summed E-state index contributed by atoms with van der Waals surface area (Å²) in [7, 11) is 0. The van der Waals surface area contributed by atoms with Crippen molar-refractivity contribution in [3.63, 3.8) is 0 Å². The van der Waals surface area contributed by atoms with E-state index in [2.05, 4.69) is 5.16 Å². The van der Waals surface area contributed by atoms with Crippen molar-refractivity contribution < 1.29 is 19.2 Å². The first kappa shape index (κ1) is 17.1. The first-order chi connectivity index (χ1) is 12.7. The van der Waals surface area contributed by atoms with Crippen LogP contribution in [0.5, 0.6) is 0 Å². The summed E-state index contributed by atoms with van der Waals surface area (Å²) in [5.41, 5.74) is 1.22. The number of esters is 1. The zero-order chi connectivity index (χ0) is 18.2. The van der Waals surface area contributed by atoms with Crippen LogP contribution < -0.4 is 0 Å². The Labute approximate surface area is 150 Å². The topological polar surface area (TPSA) is 65.0 Å². The molecule has 3 aromatic rings. The summed E-state index contributed by atoms with van der Waals surface area (Å²) >= 11 is 0. The lowest BCUT2D eigenvalue weighted by Gasteiger charge is -2.07. The fourth-order valence-corrected chi connectivity index (χ4v) is 2.14. The highest BCUT2D eigenvalue weighted by atomic mass is 16.7. The van der Waals surface area contributed by atoms with Crippen LogP contribution in [0.3, 0.4) is 0 Å². The number of hydrogen-bond donors (Lipinski definition) is 0. The Hall–Kier alpha value is -3.73. The average Bonchev–Trinajstić information content (AvgIpc) is 2.72. The molecule has 0 N–H and O–H groups in total. The number of nitrogens with zero attached hydrogens (tertiary/aromatic N) is 1. The van der Waals surface area contributed by atoms with Crippen molar-refractivity contribution in [1.82, 2.24) is 0 Å². The van der Waals surface area contributed by atoms with E-state index in [1.165, 1.54) is 0 Å². The van der Waals surface area contributed by atoms with Gasteiger partial charge in [-0.3, -0.25) is 0 Å². The van der Waals surface area contributed by atoms with E-state index < -0.39 is 11.9 Å². The molecule has 0 aliphatic rings. The van der Waals surface area contributed by atoms with Crippen LogP contribution in [0.1, 0.15) is 26.3 Å². The molecule has 0 bridgehead atoms. The van der Waals surface area contributed by atoms with Gasteiger partial charge in [0.25, 0.3) is 5.90 Å². The Bertz CT molecular complexity index is 907. The van der Waals surface area contributed by atoms with E-state index in [1.807, 2.05) is 6.07 Å². The largest absolute Gasteiger partial charge is 0.400 e. The van der Waals surface area contributed by atoms with Gasteiger partial charge in [-0.2, -0.15) is 0 Å². The summed E-state index contributed by atoms with van der Waals surface area (Å²) in [5, 5.41) is 3.76. The molecule has 0 aromatic heterocycles. The Morgan fingerprint density at radius 1 is 0.577 bits per heavy atom. The molecule has 3 aromatic carbocycles. The zero-order valence-corrected chi connectivity index (χ0v) is 13.7. The van der Waals surface area contributed by atoms with Crippen LogP contribution in [-0.2, 0) is 9.57 Å². The van der Waals surface area contributed by atoms with Crippen LogP contribution in [-0.4, -0.2) is 17.8 Å². The van der Waals surface area contributed by atoms with E-state index in [0.29, 0.717) is 16.7 Å². The standard InChI is InChI=1S/C21H15NO4/c23-20(17-12-6-2-7-13-17)25-19(16-10-4-1-5-11-16)22-26-21(24)18-14-8-3-9-15-18/h1-15H/b22-19-. The molecule has 5 nitrogen and oxygen atoms in total. The molecule has 0 spiro atoms. The van der Waals surface area contributed by atoms with Gasteiger partial charge in [-0.15, -0.1) is 0 Å². The van der Waals surface area contributed by atoms with Crippen molar-refractivity contribution in [2.75, 3.05) is 0 Å². The molecule has 26 heavy (non-hydrogen) atoms. The monoisotopic (exact) mass is 345 g/mol. The average molecular weight is 345 g/mol. The Balaban J connectivity index is 1.82. The van der Waals surface area contributed by atoms with E-state index in [1.54, 1.807) is 84.9 Å². The molecule has 0 aliphatic carbocycles. The predicted octanol–water partition coefficient (Wildman–Crippen LogP) is 4.06. The second kappa shape index (κ2) is 8.39. The molecule has 0 radical (unpaired) electrons. The molecular weight excluding hydrogens is 330 g/mol. The van der Waals surface area contributed by atoms with Crippen LogP contribution in [0, 0.1) is 0 Å². The van der Waals surface area contributed by atoms with Gasteiger partial charge in [0.1, 0.15) is 0 Å². The molecule has 0 unspecified atom stereocenters. The highest BCUT2D eigenvalue weighted by Gasteiger charge is 2.15. The molecule has 0 heterocycles. The Morgan fingerprint density at radius 2 is 1.00 bits per heavy atom. The number of benzene rings is 3. The van der Waals surface area contributed by atoms with Gasteiger partial charge in [-0.1, -0.05) is 54.6 Å². The number of rotatable bonds is 4. The number of carbonyl (C=O) groups is 2. The number of hydrogen-bond acceptors (Lipinski definition) is 5. The zero-order valence-electron chi connectivity index (χ0n) is 13.7. The van der Waals surface area contributed by atoms with Gasteiger partial charge in [-0.05, 0) is 41.6 Å². The highest BCUT2D eigenvalue weighted by Crippen LogP contribution is 2.09. The van der Waals surface area contributed by atoms with Gasteiger partial charge in [0.05, 0.1) is 11.1 Å². The highest BCUT2D eigenvalue weighted by molar-refractivity contribution is 6.05. The van der Waals surface area contributed by atoms with E-state index in [-0.39, 0.29) is 5.90 Å². The van der Waals surface area contributed by atoms with Gasteiger partial charge in [-0.25, -0.2) is 9.59 Å². The van der Waals surface area contributed by atoms with Gasteiger partial charge in [0, 0.05) is 5.56 Å². The maximum Gasteiger partial charge on any atom is 0.365 e. The van der Waals surface area contributed by atoms with Crippen molar-refractivity contribution in [3.8, 4) is 0 Å². The smallest absolute Gasteiger partial charge is 0.365 e. The van der Waals surface area contributed by atoms with Crippen LogP contribution >= 0.6 is 0 Å². The maximum atomic E-state index is 12.3.